The molecule has 0 radical (unpaired) electrons. The fourth-order valence-corrected chi connectivity index (χ4v) is 1.54. The molecule has 0 aromatic heterocycles. The molecular weight excluding hydrogens is 220 g/mol. The average Bonchev–Trinajstić information content (AvgIpc) is 2.24. The molecule has 0 heterocycles. The smallest absolute Gasteiger partial charge is 0.326 e. The number of carboxylic acids is 1. The van der Waals surface area contributed by atoms with Crippen LogP contribution in [-0.4, -0.2) is 29.6 Å². The standard InChI is InChI=1S/C12H24N2O3/c1-9(2)11(12(16)17)14-10(15)7-5-3-4-6-8-13/h9,11H,3-8,13H2,1-2H3,(H,14,15)(H,16,17)/t11-/m1/s1. The summed E-state index contributed by atoms with van der Waals surface area (Å²) in [6.45, 7) is 4.24. The molecule has 1 atom stereocenters. The third-order valence-electron chi connectivity index (χ3n) is 2.61. The lowest BCUT2D eigenvalue weighted by atomic mass is 10.0. The van der Waals surface area contributed by atoms with Gasteiger partial charge in [-0.2, -0.15) is 0 Å². The van der Waals surface area contributed by atoms with Gasteiger partial charge in [0.15, 0.2) is 0 Å². The van der Waals surface area contributed by atoms with E-state index in [2.05, 4.69) is 5.32 Å². The van der Waals surface area contributed by atoms with Crippen molar-refractivity contribution in [2.24, 2.45) is 11.7 Å². The Hall–Kier alpha value is -1.10. The van der Waals surface area contributed by atoms with Crippen LogP contribution in [0.5, 0.6) is 0 Å². The molecule has 4 N–H and O–H groups in total. The molecule has 0 spiro atoms. The topological polar surface area (TPSA) is 92.4 Å². The van der Waals surface area contributed by atoms with E-state index >= 15 is 0 Å². The Balaban J connectivity index is 3.80. The summed E-state index contributed by atoms with van der Waals surface area (Å²) in [7, 11) is 0. The monoisotopic (exact) mass is 244 g/mol. The number of nitrogens with one attached hydrogen (secondary N) is 1. The van der Waals surface area contributed by atoms with Crippen LogP contribution in [0.1, 0.15) is 46.0 Å². The number of hydrogen-bond donors (Lipinski definition) is 3. The molecule has 0 unspecified atom stereocenters. The Morgan fingerprint density at radius 2 is 1.76 bits per heavy atom. The molecule has 5 heteroatoms. The number of amides is 1. The number of carbonyl (C=O) groups is 2. The summed E-state index contributed by atoms with van der Waals surface area (Å²) in [5, 5.41) is 11.4. The van der Waals surface area contributed by atoms with Crippen LogP contribution in [-0.2, 0) is 9.59 Å². The number of rotatable bonds is 9. The summed E-state index contributed by atoms with van der Waals surface area (Å²) in [6.07, 6.45) is 4.14. The van der Waals surface area contributed by atoms with E-state index in [1.807, 2.05) is 0 Å². The van der Waals surface area contributed by atoms with Crippen molar-refractivity contribution in [2.75, 3.05) is 6.54 Å². The third kappa shape index (κ3) is 7.74. The molecule has 0 aliphatic heterocycles. The molecule has 0 fully saturated rings. The zero-order valence-corrected chi connectivity index (χ0v) is 10.7. The van der Waals surface area contributed by atoms with E-state index in [1.165, 1.54) is 0 Å². The lowest BCUT2D eigenvalue weighted by Crippen LogP contribution is -2.44. The summed E-state index contributed by atoms with van der Waals surface area (Å²) < 4.78 is 0. The lowest BCUT2D eigenvalue weighted by molar-refractivity contribution is -0.143. The Morgan fingerprint density at radius 3 is 2.24 bits per heavy atom. The predicted molar refractivity (Wildman–Crippen MR) is 66.5 cm³/mol. The molecule has 100 valence electrons. The molecule has 0 saturated carbocycles. The fourth-order valence-electron chi connectivity index (χ4n) is 1.54. The van der Waals surface area contributed by atoms with E-state index in [0.717, 1.165) is 25.7 Å². The van der Waals surface area contributed by atoms with E-state index in [1.54, 1.807) is 13.8 Å². The number of nitrogens with two attached hydrogens (primary N) is 1. The maximum Gasteiger partial charge on any atom is 0.326 e. The Morgan fingerprint density at radius 1 is 1.18 bits per heavy atom. The normalized spacial score (nSPS) is 12.5. The lowest BCUT2D eigenvalue weighted by Gasteiger charge is -2.17. The molecule has 0 bridgehead atoms. The van der Waals surface area contributed by atoms with Crippen LogP contribution in [0.15, 0.2) is 0 Å². The Bertz CT molecular complexity index is 242. The second kappa shape index (κ2) is 8.98. The van der Waals surface area contributed by atoms with E-state index in [0.29, 0.717) is 13.0 Å². The first-order valence-electron chi connectivity index (χ1n) is 6.21. The van der Waals surface area contributed by atoms with Gasteiger partial charge in [-0.1, -0.05) is 26.7 Å². The highest BCUT2D eigenvalue weighted by Gasteiger charge is 2.22. The first-order valence-corrected chi connectivity index (χ1v) is 6.21. The van der Waals surface area contributed by atoms with Gasteiger partial charge in [-0.25, -0.2) is 4.79 Å². The summed E-state index contributed by atoms with van der Waals surface area (Å²) in [6, 6.07) is -0.786. The SMILES string of the molecule is CC(C)[C@@H](NC(=O)CCCCCCN)C(=O)O. The van der Waals surface area contributed by atoms with E-state index < -0.39 is 12.0 Å². The third-order valence-corrected chi connectivity index (χ3v) is 2.61. The van der Waals surface area contributed by atoms with Crippen molar-refractivity contribution in [1.82, 2.24) is 5.32 Å². The predicted octanol–water partition coefficient (Wildman–Crippen LogP) is 1.12. The average molecular weight is 244 g/mol. The molecule has 0 aliphatic rings. The molecule has 0 aromatic carbocycles. The summed E-state index contributed by atoms with van der Waals surface area (Å²) in [4.78, 5) is 22.4. The molecule has 17 heavy (non-hydrogen) atoms. The maximum atomic E-state index is 11.5. The van der Waals surface area contributed by atoms with Crippen LogP contribution in [0.4, 0.5) is 0 Å². The largest absolute Gasteiger partial charge is 0.480 e. The van der Waals surface area contributed by atoms with Crippen molar-refractivity contribution in [3.05, 3.63) is 0 Å². The van der Waals surface area contributed by atoms with Crippen molar-refractivity contribution in [2.45, 2.75) is 52.0 Å². The number of carbonyl (C=O) groups excluding carboxylic acids is 1. The van der Waals surface area contributed by atoms with Crippen molar-refractivity contribution in [3.63, 3.8) is 0 Å². The van der Waals surface area contributed by atoms with Crippen LogP contribution in [0.25, 0.3) is 0 Å². The Kier molecular flexibility index (Phi) is 8.40. The van der Waals surface area contributed by atoms with Crippen LogP contribution < -0.4 is 11.1 Å². The van der Waals surface area contributed by atoms with Gasteiger partial charge < -0.3 is 16.2 Å². The summed E-state index contributed by atoms with van der Waals surface area (Å²) in [5.41, 5.74) is 5.36. The van der Waals surface area contributed by atoms with Gasteiger partial charge >= 0.3 is 5.97 Å². The minimum absolute atomic E-state index is 0.103. The van der Waals surface area contributed by atoms with Gasteiger partial charge in [0.05, 0.1) is 0 Å². The van der Waals surface area contributed by atoms with Crippen LogP contribution >= 0.6 is 0 Å². The van der Waals surface area contributed by atoms with Crippen molar-refractivity contribution >= 4 is 11.9 Å². The minimum atomic E-state index is -0.975. The molecule has 0 aliphatic carbocycles. The van der Waals surface area contributed by atoms with Gasteiger partial charge in [0.1, 0.15) is 6.04 Å². The second-order valence-electron chi connectivity index (χ2n) is 4.58. The summed E-state index contributed by atoms with van der Waals surface area (Å²) in [5.74, 6) is -1.26. The molecule has 0 saturated heterocycles. The van der Waals surface area contributed by atoms with Crippen LogP contribution in [0.3, 0.4) is 0 Å². The van der Waals surface area contributed by atoms with Crippen molar-refractivity contribution in [1.29, 1.82) is 0 Å². The van der Waals surface area contributed by atoms with E-state index in [4.69, 9.17) is 10.8 Å². The molecular formula is C12H24N2O3. The zero-order chi connectivity index (χ0) is 13.3. The van der Waals surface area contributed by atoms with Crippen LogP contribution in [0, 0.1) is 5.92 Å². The fraction of sp³-hybridized carbons (Fsp3) is 0.833. The number of aliphatic carboxylic acids is 1. The molecule has 0 aromatic rings. The maximum absolute atomic E-state index is 11.5. The van der Waals surface area contributed by atoms with Crippen LogP contribution in [0.2, 0.25) is 0 Å². The molecule has 0 rings (SSSR count). The van der Waals surface area contributed by atoms with E-state index in [-0.39, 0.29) is 11.8 Å². The minimum Gasteiger partial charge on any atom is -0.480 e. The van der Waals surface area contributed by atoms with Gasteiger partial charge in [-0.05, 0) is 25.3 Å². The highest BCUT2D eigenvalue weighted by Crippen LogP contribution is 2.05. The molecule has 1 amide bonds. The van der Waals surface area contributed by atoms with E-state index in [9.17, 15) is 9.59 Å². The van der Waals surface area contributed by atoms with Gasteiger partial charge in [0, 0.05) is 6.42 Å². The first-order chi connectivity index (χ1) is 7.99. The quantitative estimate of drug-likeness (QED) is 0.530. The summed E-state index contributed by atoms with van der Waals surface area (Å²) >= 11 is 0. The number of carboxylic acid groups (broad SMARTS) is 1. The molecule has 5 nitrogen and oxygen atoms in total. The highest BCUT2D eigenvalue weighted by atomic mass is 16.4. The zero-order valence-electron chi connectivity index (χ0n) is 10.7. The van der Waals surface area contributed by atoms with Gasteiger partial charge in [0.25, 0.3) is 0 Å². The van der Waals surface area contributed by atoms with Crippen molar-refractivity contribution in [3.8, 4) is 0 Å². The first kappa shape index (κ1) is 15.9. The van der Waals surface area contributed by atoms with Gasteiger partial charge in [0.2, 0.25) is 5.91 Å². The van der Waals surface area contributed by atoms with Crippen molar-refractivity contribution < 1.29 is 14.7 Å². The highest BCUT2D eigenvalue weighted by molar-refractivity contribution is 5.83. The number of unbranched alkanes of at least 4 members (excludes halogenated alkanes) is 3. The second-order valence-corrected chi connectivity index (χ2v) is 4.58. The van der Waals surface area contributed by atoms with Gasteiger partial charge in [-0.3, -0.25) is 4.79 Å². The Labute approximate surface area is 103 Å². The van der Waals surface area contributed by atoms with Gasteiger partial charge in [-0.15, -0.1) is 0 Å². The number of hydrogen-bond acceptors (Lipinski definition) is 3.